The maximum atomic E-state index is 12.6. The molecule has 0 radical (unpaired) electrons. The second kappa shape index (κ2) is 8.60. The Labute approximate surface area is 148 Å². The van der Waals surface area contributed by atoms with Crippen LogP contribution in [-0.4, -0.2) is 42.0 Å². The summed E-state index contributed by atoms with van der Waals surface area (Å²) >= 11 is -0.216. The fourth-order valence-corrected chi connectivity index (χ4v) is 2.87. The van der Waals surface area contributed by atoms with Crippen molar-refractivity contribution in [3.63, 3.8) is 0 Å². The van der Waals surface area contributed by atoms with Gasteiger partial charge in [0.15, 0.2) is 0 Å². The summed E-state index contributed by atoms with van der Waals surface area (Å²) in [5, 5.41) is 0. The number of carbonyl (C=O) groups excluding carboxylic acids is 2. The van der Waals surface area contributed by atoms with Gasteiger partial charge in [0.2, 0.25) is 0 Å². The van der Waals surface area contributed by atoms with Crippen LogP contribution in [0.15, 0.2) is 29.2 Å². The molecule has 1 aliphatic carbocycles. The molecule has 2 rings (SSSR count). The van der Waals surface area contributed by atoms with Crippen LogP contribution in [0.5, 0.6) is 0 Å². The van der Waals surface area contributed by atoms with Crippen molar-refractivity contribution in [3.05, 3.63) is 29.8 Å². The van der Waals surface area contributed by atoms with Crippen molar-refractivity contribution in [3.8, 4) is 0 Å². The molecule has 1 aromatic rings. The molecular weight excluding hydrogens is 355 g/mol. The van der Waals surface area contributed by atoms with Crippen molar-refractivity contribution in [1.29, 1.82) is 0 Å². The minimum absolute atomic E-state index is 0.0318. The van der Waals surface area contributed by atoms with Crippen molar-refractivity contribution < 1.29 is 27.5 Å². The third kappa shape index (κ3) is 6.97. The zero-order valence-electron chi connectivity index (χ0n) is 13.8. The van der Waals surface area contributed by atoms with E-state index < -0.39 is 5.51 Å². The summed E-state index contributed by atoms with van der Waals surface area (Å²) < 4.78 is 42.0. The molecule has 0 aromatic heterocycles. The Morgan fingerprint density at radius 1 is 1.24 bits per heavy atom. The predicted octanol–water partition coefficient (Wildman–Crippen LogP) is 4.10. The van der Waals surface area contributed by atoms with Gasteiger partial charge in [0.05, 0.1) is 13.0 Å². The lowest BCUT2D eigenvalue weighted by atomic mass is 10.2. The fraction of sp³-hybridized carbons (Fsp3) is 0.529. The topological polar surface area (TPSA) is 46.6 Å². The maximum absolute atomic E-state index is 12.6. The smallest absolute Gasteiger partial charge is 0.446 e. The summed E-state index contributed by atoms with van der Waals surface area (Å²) in [7, 11) is 0. The van der Waals surface area contributed by atoms with Gasteiger partial charge >= 0.3 is 11.5 Å². The largest absolute Gasteiger partial charge is 0.466 e. The number of rotatable bonds is 8. The summed E-state index contributed by atoms with van der Waals surface area (Å²) in [4.78, 5) is 25.8. The number of halogens is 3. The minimum Gasteiger partial charge on any atom is -0.466 e. The average Bonchev–Trinajstić information content (AvgIpc) is 3.34. The number of esters is 1. The molecule has 0 aliphatic heterocycles. The second-order valence-corrected chi connectivity index (χ2v) is 6.96. The van der Waals surface area contributed by atoms with E-state index in [0.717, 1.165) is 12.8 Å². The Kier molecular flexibility index (Phi) is 6.75. The number of nitrogens with zero attached hydrogens (tertiary/aromatic N) is 1. The van der Waals surface area contributed by atoms with Crippen LogP contribution in [0.4, 0.5) is 13.2 Å². The molecule has 1 saturated carbocycles. The maximum Gasteiger partial charge on any atom is 0.446 e. The molecule has 8 heteroatoms. The van der Waals surface area contributed by atoms with Crippen LogP contribution in [0.25, 0.3) is 0 Å². The van der Waals surface area contributed by atoms with Crippen LogP contribution in [0.3, 0.4) is 0 Å². The number of thioether (sulfide) groups is 1. The average molecular weight is 375 g/mol. The first-order chi connectivity index (χ1) is 11.8. The van der Waals surface area contributed by atoms with E-state index in [1.807, 2.05) is 0 Å². The molecule has 25 heavy (non-hydrogen) atoms. The predicted molar refractivity (Wildman–Crippen MR) is 88.2 cm³/mol. The van der Waals surface area contributed by atoms with Gasteiger partial charge in [-0.25, -0.2) is 0 Å². The first kappa shape index (κ1) is 19.6. The summed E-state index contributed by atoms with van der Waals surface area (Å²) in [5.74, 6) is -0.209. The third-order valence-corrected chi connectivity index (χ3v) is 4.43. The Bertz CT molecular complexity index is 600. The number of benzene rings is 1. The normalized spacial score (nSPS) is 14.2. The SMILES string of the molecule is CCOC(=O)CCN(CC1CC1)C(=O)c1ccc(SC(F)(F)F)cc1. The van der Waals surface area contributed by atoms with Crippen molar-refractivity contribution in [1.82, 2.24) is 4.90 Å². The highest BCUT2D eigenvalue weighted by atomic mass is 32.2. The standard InChI is InChI=1S/C17H20F3NO3S/c1-2-24-15(22)9-10-21(11-12-3-4-12)16(23)13-5-7-14(8-6-13)25-17(18,19)20/h5-8,12H,2-4,9-11H2,1H3. The first-order valence-corrected chi connectivity index (χ1v) is 8.91. The molecule has 0 bridgehead atoms. The van der Waals surface area contributed by atoms with Gasteiger partial charge in [0, 0.05) is 23.5 Å². The molecule has 1 amide bonds. The van der Waals surface area contributed by atoms with Gasteiger partial charge in [-0.3, -0.25) is 9.59 Å². The van der Waals surface area contributed by atoms with Crippen LogP contribution < -0.4 is 0 Å². The lowest BCUT2D eigenvalue weighted by molar-refractivity contribution is -0.143. The molecule has 1 fully saturated rings. The van der Waals surface area contributed by atoms with Crippen LogP contribution >= 0.6 is 11.8 Å². The van der Waals surface area contributed by atoms with E-state index in [4.69, 9.17) is 4.74 Å². The monoisotopic (exact) mass is 375 g/mol. The van der Waals surface area contributed by atoms with Crippen molar-refractivity contribution in [2.45, 2.75) is 36.6 Å². The number of ether oxygens (including phenoxy) is 1. The van der Waals surface area contributed by atoms with E-state index in [1.165, 1.54) is 24.3 Å². The Balaban J connectivity index is 2.00. The molecule has 1 aromatic carbocycles. The van der Waals surface area contributed by atoms with Crippen molar-refractivity contribution in [2.24, 2.45) is 5.92 Å². The lowest BCUT2D eigenvalue weighted by Crippen LogP contribution is -2.35. The van der Waals surface area contributed by atoms with E-state index >= 15 is 0 Å². The van der Waals surface area contributed by atoms with Gasteiger partial charge in [-0.15, -0.1) is 0 Å². The van der Waals surface area contributed by atoms with Gasteiger partial charge in [-0.2, -0.15) is 13.2 Å². The van der Waals surface area contributed by atoms with Gasteiger partial charge in [-0.1, -0.05) is 0 Å². The number of hydrogen-bond acceptors (Lipinski definition) is 4. The molecule has 1 aliphatic rings. The molecule has 0 heterocycles. The zero-order valence-corrected chi connectivity index (χ0v) is 14.7. The summed E-state index contributed by atoms with van der Waals surface area (Å²) in [5.41, 5.74) is -4.04. The van der Waals surface area contributed by atoms with Crippen LogP contribution in [0.1, 0.15) is 36.5 Å². The second-order valence-electron chi connectivity index (χ2n) is 5.82. The van der Waals surface area contributed by atoms with E-state index in [2.05, 4.69) is 0 Å². The Morgan fingerprint density at radius 3 is 2.40 bits per heavy atom. The van der Waals surface area contributed by atoms with Crippen LogP contribution in [-0.2, 0) is 9.53 Å². The van der Waals surface area contributed by atoms with Crippen molar-refractivity contribution >= 4 is 23.6 Å². The van der Waals surface area contributed by atoms with Crippen LogP contribution in [0, 0.1) is 5.92 Å². The summed E-state index contributed by atoms with van der Waals surface area (Å²) in [6.07, 6.45) is 2.20. The summed E-state index contributed by atoms with van der Waals surface area (Å²) in [6, 6.07) is 5.35. The van der Waals surface area contributed by atoms with E-state index in [0.29, 0.717) is 18.0 Å². The van der Waals surface area contributed by atoms with E-state index in [-0.39, 0.29) is 48.1 Å². The number of amides is 1. The minimum atomic E-state index is -4.36. The number of hydrogen-bond donors (Lipinski definition) is 0. The van der Waals surface area contributed by atoms with Gasteiger partial charge in [-0.05, 0) is 61.7 Å². The number of alkyl halides is 3. The van der Waals surface area contributed by atoms with Crippen LogP contribution in [0.2, 0.25) is 0 Å². The van der Waals surface area contributed by atoms with Gasteiger partial charge in [0.1, 0.15) is 0 Å². The molecule has 4 nitrogen and oxygen atoms in total. The van der Waals surface area contributed by atoms with Gasteiger partial charge < -0.3 is 9.64 Å². The molecule has 0 unspecified atom stereocenters. The summed E-state index contributed by atoms with van der Waals surface area (Å²) in [6.45, 7) is 2.80. The zero-order chi connectivity index (χ0) is 18.4. The molecular formula is C17H20F3NO3S. The molecule has 138 valence electrons. The Morgan fingerprint density at radius 2 is 1.88 bits per heavy atom. The number of carbonyl (C=O) groups is 2. The molecule has 0 atom stereocenters. The highest BCUT2D eigenvalue weighted by Crippen LogP contribution is 2.37. The molecule has 0 N–H and O–H groups in total. The highest BCUT2D eigenvalue weighted by Gasteiger charge is 2.30. The van der Waals surface area contributed by atoms with E-state index in [1.54, 1.807) is 11.8 Å². The third-order valence-electron chi connectivity index (χ3n) is 3.69. The first-order valence-electron chi connectivity index (χ1n) is 8.09. The van der Waals surface area contributed by atoms with E-state index in [9.17, 15) is 22.8 Å². The van der Waals surface area contributed by atoms with Crippen molar-refractivity contribution in [2.75, 3.05) is 19.7 Å². The highest BCUT2D eigenvalue weighted by molar-refractivity contribution is 8.00. The molecule has 0 spiro atoms. The van der Waals surface area contributed by atoms with Gasteiger partial charge in [0.25, 0.3) is 5.91 Å². The Hall–Kier alpha value is -1.70. The fourth-order valence-electron chi connectivity index (χ4n) is 2.33. The molecule has 0 saturated heterocycles. The lowest BCUT2D eigenvalue weighted by Gasteiger charge is -2.22. The quantitative estimate of drug-likeness (QED) is 0.507.